The number of hydrogen-bond acceptors (Lipinski definition) is 3. The van der Waals surface area contributed by atoms with Crippen LogP contribution < -0.4 is 10.2 Å². The van der Waals surface area contributed by atoms with E-state index in [0.29, 0.717) is 11.5 Å². The van der Waals surface area contributed by atoms with E-state index in [2.05, 4.69) is 15.2 Å². The van der Waals surface area contributed by atoms with E-state index in [0.717, 1.165) is 53.5 Å². The van der Waals surface area contributed by atoms with Crippen LogP contribution in [0.25, 0.3) is 10.9 Å². The summed E-state index contributed by atoms with van der Waals surface area (Å²) in [4.78, 5) is 34.0. The molecule has 0 spiro atoms. The number of aromatic amines is 1. The molecule has 0 unspecified atom stereocenters. The fourth-order valence-electron chi connectivity index (χ4n) is 5.26. The van der Waals surface area contributed by atoms with Crippen LogP contribution in [0.1, 0.15) is 42.6 Å². The summed E-state index contributed by atoms with van der Waals surface area (Å²) in [5.41, 5.74) is 3.63. The second kappa shape index (κ2) is 6.94. The largest absolute Gasteiger partial charge is 0.359 e. The summed E-state index contributed by atoms with van der Waals surface area (Å²) < 4.78 is 0. The first kappa shape index (κ1) is 19.6. The lowest BCUT2D eigenvalue weighted by Crippen LogP contribution is -2.53. The van der Waals surface area contributed by atoms with Crippen LogP contribution >= 0.6 is 0 Å². The number of H-pyrrole nitrogens is 1. The number of hydrogen-bond donors (Lipinski definition) is 2. The van der Waals surface area contributed by atoms with Gasteiger partial charge in [0.05, 0.1) is 11.1 Å². The molecule has 2 aromatic carbocycles. The molecule has 32 heavy (non-hydrogen) atoms. The molecular weight excluding hydrogens is 400 g/mol. The molecule has 6 rings (SSSR count). The van der Waals surface area contributed by atoms with Gasteiger partial charge in [0.25, 0.3) is 5.91 Å². The highest BCUT2D eigenvalue weighted by Crippen LogP contribution is 2.43. The van der Waals surface area contributed by atoms with E-state index in [4.69, 9.17) is 0 Å². The molecule has 3 heterocycles. The Morgan fingerprint density at radius 2 is 1.94 bits per heavy atom. The maximum atomic E-state index is 13.3. The highest BCUT2D eigenvalue weighted by atomic mass is 16.2. The molecule has 6 nitrogen and oxygen atoms in total. The predicted octanol–water partition coefficient (Wildman–Crippen LogP) is 4.14. The Labute approximate surface area is 187 Å². The molecule has 164 valence electrons. The first-order chi connectivity index (χ1) is 15.4. The lowest BCUT2D eigenvalue weighted by molar-refractivity contribution is -0.122. The Balaban J connectivity index is 1.25. The summed E-state index contributed by atoms with van der Waals surface area (Å²) in [6, 6.07) is 14.3. The maximum absolute atomic E-state index is 13.3. The van der Waals surface area contributed by atoms with Crippen molar-refractivity contribution in [3.8, 4) is 0 Å². The Morgan fingerprint density at radius 1 is 1.16 bits per heavy atom. The van der Waals surface area contributed by atoms with Crippen molar-refractivity contribution >= 4 is 34.1 Å². The number of para-hydroxylation sites is 1. The molecule has 0 radical (unpaired) electrons. The van der Waals surface area contributed by atoms with Crippen LogP contribution in [0.15, 0.2) is 48.7 Å². The van der Waals surface area contributed by atoms with E-state index >= 15 is 0 Å². The number of likely N-dealkylation sites (tertiary alicyclic amines) is 1. The van der Waals surface area contributed by atoms with Crippen LogP contribution in [0.3, 0.4) is 0 Å². The third-order valence-electron chi connectivity index (χ3n) is 7.33. The van der Waals surface area contributed by atoms with Crippen molar-refractivity contribution < 1.29 is 9.59 Å². The molecule has 1 aliphatic carbocycles. The lowest BCUT2D eigenvalue weighted by atomic mass is 9.86. The molecule has 2 aliphatic heterocycles. The van der Waals surface area contributed by atoms with Gasteiger partial charge in [-0.15, -0.1) is 0 Å². The number of anilines is 2. The molecule has 3 aliphatic rings. The maximum Gasteiger partial charge on any atom is 0.255 e. The second-order valence-electron chi connectivity index (χ2n) is 10.0. The standard InChI is InChI=1S/C26H28N4O2/c1-26(2)20-10-7-17(24(31)28-22-12-27-21-6-4-3-5-19(21)22)11-23(20)30(25(26)32)15-16-13-29(14-16)18-8-9-18/h3-7,10-12,16,18,27H,8-9,13-15H2,1-2H3,(H,28,31). The highest BCUT2D eigenvalue weighted by Gasteiger charge is 2.46. The summed E-state index contributed by atoms with van der Waals surface area (Å²) in [6.45, 7) is 6.84. The number of rotatable bonds is 5. The molecule has 2 amide bonds. The smallest absolute Gasteiger partial charge is 0.255 e. The van der Waals surface area contributed by atoms with Gasteiger partial charge in [0.2, 0.25) is 5.91 Å². The number of carbonyl (C=O) groups is 2. The monoisotopic (exact) mass is 428 g/mol. The first-order valence-corrected chi connectivity index (χ1v) is 11.5. The van der Waals surface area contributed by atoms with Crippen LogP contribution in [-0.4, -0.2) is 47.4 Å². The van der Waals surface area contributed by atoms with Crippen molar-refractivity contribution in [1.82, 2.24) is 9.88 Å². The quantitative estimate of drug-likeness (QED) is 0.642. The van der Waals surface area contributed by atoms with Crippen LogP contribution in [0.2, 0.25) is 0 Å². The zero-order valence-electron chi connectivity index (χ0n) is 18.5. The van der Waals surface area contributed by atoms with Gasteiger partial charge in [-0.3, -0.25) is 14.5 Å². The van der Waals surface area contributed by atoms with Crippen LogP contribution in [0.5, 0.6) is 0 Å². The number of nitrogens with one attached hydrogen (secondary N) is 2. The Kier molecular flexibility index (Phi) is 4.24. The molecule has 3 aromatic rings. The van der Waals surface area contributed by atoms with E-state index in [1.165, 1.54) is 12.8 Å². The number of benzene rings is 2. The highest BCUT2D eigenvalue weighted by molar-refractivity contribution is 6.12. The van der Waals surface area contributed by atoms with Gasteiger partial charge in [-0.2, -0.15) is 0 Å². The Hall–Kier alpha value is -3.12. The minimum Gasteiger partial charge on any atom is -0.359 e. The normalized spacial score (nSPS) is 20.4. The van der Waals surface area contributed by atoms with Gasteiger partial charge >= 0.3 is 0 Å². The molecule has 1 saturated carbocycles. The first-order valence-electron chi connectivity index (χ1n) is 11.5. The van der Waals surface area contributed by atoms with Crippen LogP contribution in [0.4, 0.5) is 11.4 Å². The number of carbonyl (C=O) groups excluding carboxylic acids is 2. The van der Waals surface area contributed by atoms with Gasteiger partial charge < -0.3 is 15.2 Å². The van der Waals surface area contributed by atoms with Crippen molar-refractivity contribution in [2.24, 2.45) is 5.92 Å². The van der Waals surface area contributed by atoms with Crippen molar-refractivity contribution in [1.29, 1.82) is 0 Å². The molecule has 0 bridgehead atoms. The molecule has 2 fully saturated rings. The summed E-state index contributed by atoms with van der Waals surface area (Å²) >= 11 is 0. The van der Waals surface area contributed by atoms with Crippen LogP contribution in [0, 0.1) is 5.92 Å². The Bertz CT molecular complexity index is 1230. The van der Waals surface area contributed by atoms with Crippen molar-refractivity contribution in [2.75, 3.05) is 29.9 Å². The number of nitrogens with zero attached hydrogens (tertiary/aromatic N) is 2. The van der Waals surface area contributed by atoms with E-state index < -0.39 is 5.41 Å². The summed E-state index contributed by atoms with van der Waals surface area (Å²) in [5.74, 6) is 0.467. The average molecular weight is 429 g/mol. The number of amides is 2. The van der Waals surface area contributed by atoms with Gasteiger partial charge in [0, 0.05) is 59.9 Å². The minimum atomic E-state index is -0.568. The topological polar surface area (TPSA) is 68.4 Å². The number of aromatic nitrogens is 1. The molecule has 1 saturated heterocycles. The third-order valence-corrected chi connectivity index (χ3v) is 7.33. The van der Waals surface area contributed by atoms with E-state index in [1.807, 2.05) is 67.4 Å². The predicted molar refractivity (Wildman–Crippen MR) is 126 cm³/mol. The summed E-state index contributed by atoms with van der Waals surface area (Å²) in [5, 5.41) is 4.00. The lowest BCUT2D eigenvalue weighted by Gasteiger charge is -2.41. The van der Waals surface area contributed by atoms with Crippen LogP contribution in [-0.2, 0) is 10.2 Å². The van der Waals surface area contributed by atoms with Gasteiger partial charge in [0.15, 0.2) is 0 Å². The zero-order chi connectivity index (χ0) is 22.0. The van der Waals surface area contributed by atoms with Crippen molar-refractivity contribution in [2.45, 2.75) is 38.1 Å². The van der Waals surface area contributed by atoms with Gasteiger partial charge in [0.1, 0.15) is 0 Å². The second-order valence-corrected chi connectivity index (χ2v) is 10.0. The van der Waals surface area contributed by atoms with E-state index in [-0.39, 0.29) is 11.8 Å². The van der Waals surface area contributed by atoms with Gasteiger partial charge in [-0.05, 0) is 50.5 Å². The third kappa shape index (κ3) is 3.05. The van der Waals surface area contributed by atoms with Crippen molar-refractivity contribution in [3.05, 3.63) is 59.8 Å². The molecular formula is C26H28N4O2. The molecule has 6 heteroatoms. The Morgan fingerprint density at radius 3 is 2.72 bits per heavy atom. The molecule has 1 aromatic heterocycles. The fourth-order valence-corrected chi connectivity index (χ4v) is 5.26. The molecule has 2 N–H and O–H groups in total. The molecule has 0 atom stereocenters. The van der Waals surface area contributed by atoms with Gasteiger partial charge in [-0.25, -0.2) is 0 Å². The number of fused-ring (bicyclic) bond motifs is 2. The van der Waals surface area contributed by atoms with Gasteiger partial charge in [-0.1, -0.05) is 24.3 Å². The summed E-state index contributed by atoms with van der Waals surface area (Å²) in [7, 11) is 0. The SMILES string of the molecule is CC1(C)C(=O)N(CC2CN(C3CC3)C2)c2cc(C(=O)Nc3c[nH]c4ccccc34)ccc21. The minimum absolute atomic E-state index is 0.131. The summed E-state index contributed by atoms with van der Waals surface area (Å²) in [6.07, 6.45) is 4.46. The fraction of sp³-hybridized carbons (Fsp3) is 0.385. The van der Waals surface area contributed by atoms with E-state index in [1.54, 1.807) is 0 Å². The van der Waals surface area contributed by atoms with E-state index in [9.17, 15) is 9.59 Å². The average Bonchev–Trinajstić information content (AvgIpc) is 3.48. The zero-order valence-corrected chi connectivity index (χ0v) is 18.5. The van der Waals surface area contributed by atoms with Crippen molar-refractivity contribution in [3.63, 3.8) is 0 Å².